The smallest absolute Gasteiger partial charge is 0.191 e. The first-order valence-electron chi connectivity index (χ1n) is 8.97. The van der Waals surface area contributed by atoms with Crippen LogP contribution < -0.4 is 15.4 Å². The highest BCUT2D eigenvalue weighted by Crippen LogP contribution is 2.17. The monoisotopic (exact) mass is 483 g/mol. The van der Waals surface area contributed by atoms with Crippen LogP contribution in [0, 0.1) is 0 Å². The Hall–Kier alpha value is -1.80. The van der Waals surface area contributed by atoms with E-state index in [9.17, 15) is 0 Å². The number of para-hydroxylation sites is 1. The van der Waals surface area contributed by atoms with Crippen molar-refractivity contribution in [1.82, 2.24) is 10.6 Å². The average Bonchev–Trinajstić information content (AvgIpc) is 2.68. The first-order chi connectivity index (χ1) is 12.8. The minimum Gasteiger partial charge on any atom is -0.496 e. The number of halogens is 1. The Morgan fingerprint density at radius 2 is 1.67 bits per heavy atom. The number of aliphatic imine (C=N–C) groups is 1. The minimum atomic E-state index is 0. The molecule has 0 unspecified atom stereocenters. The van der Waals surface area contributed by atoms with Crippen LogP contribution in [-0.2, 0) is 24.3 Å². The van der Waals surface area contributed by atoms with E-state index in [0.717, 1.165) is 31.2 Å². The van der Waals surface area contributed by atoms with E-state index in [1.165, 1.54) is 16.7 Å². The number of nitrogens with one attached hydrogen (secondary N) is 2. The molecule has 0 aromatic heterocycles. The van der Waals surface area contributed by atoms with E-state index in [4.69, 9.17) is 9.47 Å². The van der Waals surface area contributed by atoms with Gasteiger partial charge in [-0.2, -0.15) is 0 Å². The van der Waals surface area contributed by atoms with Crippen LogP contribution >= 0.6 is 24.0 Å². The van der Waals surface area contributed by atoms with Gasteiger partial charge in [-0.3, -0.25) is 0 Å². The van der Waals surface area contributed by atoms with Gasteiger partial charge in [0.25, 0.3) is 0 Å². The minimum absolute atomic E-state index is 0. The molecular weight excluding hydrogens is 453 g/mol. The number of guanidine groups is 1. The molecule has 0 heterocycles. The summed E-state index contributed by atoms with van der Waals surface area (Å²) in [5, 5.41) is 6.67. The normalized spacial score (nSPS) is 10.9. The molecule has 0 aliphatic carbocycles. The summed E-state index contributed by atoms with van der Waals surface area (Å²) in [5.74, 6) is 1.75. The van der Waals surface area contributed by atoms with Crippen LogP contribution in [0.4, 0.5) is 0 Å². The van der Waals surface area contributed by atoms with Crippen LogP contribution in [0.2, 0.25) is 0 Å². The Bertz CT molecular complexity index is 690. The Balaban J connectivity index is 0.00000364. The van der Waals surface area contributed by atoms with Gasteiger partial charge in [-0.05, 0) is 36.1 Å². The lowest BCUT2D eigenvalue weighted by Gasteiger charge is -2.13. The molecule has 0 saturated carbocycles. The molecule has 0 fully saturated rings. The van der Waals surface area contributed by atoms with Crippen molar-refractivity contribution in [2.24, 2.45) is 4.99 Å². The highest BCUT2D eigenvalue weighted by atomic mass is 127. The fourth-order valence-electron chi connectivity index (χ4n) is 2.64. The quantitative estimate of drug-likeness (QED) is 0.324. The number of methoxy groups -OCH3 is 2. The Kier molecular flexibility index (Phi) is 11.5. The van der Waals surface area contributed by atoms with Gasteiger partial charge in [0, 0.05) is 20.2 Å². The molecule has 5 nitrogen and oxygen atoms in total. The van der Waals surface area contributed by atoms with Gasteiger partial charge in [-0.25, -0.2) is 4.99 Å². The van der Waals surface area contributed by atoms with Crippen LogP contribution in [0.15, 0.2) is 53.5 Å². The van der Waals surface area contributed by atoms with E-state index in [1.807, 2.05) is 18.2 Å². The predicted molar refractivity (Wildman–Crippen MR) is 122 cm³/mol. The van der Waals surface area contributed by atoms with Crippen LogP contribution in [0.5, 0.6) is 5.75 Å². The number of rotatable bonds is 9. The van der Waals surface area contributed by atoms with Crippen molar-refractivity contribution >= 4 is 29.9 Å². The highest BCUT2D eigenvalue weighted by molar-refractivity contribution is 14.0. The molecule has 0 bridgehead atoms. The van der Waals surface area contributed by atoms with Crippen LogP contribution in [0.3, 0.4) is 0 Å². The van der Waals surface area contributed by atoms with Gasteiger partial charge >= 0.3 is 0 Å². The van der Waals surface area contributed by atoms with Crippen LogP contribution in [-0.4, -0.2) is 33.3 Å². The SMILES string of the molecule is CCNC(=NCc1ccc(COC)cc1)NCCc1ccccc1OC.I. The molecule has 0 saturated heterocycles. The predicted octanol–water partition coefficient (Wildman–Crippen LogP) is 3.76. The Morgan fingerprint density at radius 3 is 2.33 bits per heavy atom. The molecule has 2 rings (SSSR count). The lowest BCUT2D eigenvalue weighted by molar-refractivity contribution is 0.185. The van der Waals surface area contributed by atoms with Gasteiger partial charge in [0.05, 0.1) is 20.3 Å². The van der Waals surface area contributed by atoms with Crippen LogP contribution in [0.1, 0.15) is 23.6 Å². The van der Waals surface area contributed by atoms with E-state index in [2.05, 4.69) is 52.9 Å². The Morgan fingerprint density at radius 1 is 0.963 bits per heavy atom. The summed E-state index contributed by atoms with van der Waals surface area (Å²) in [6.45, 7) is 4.96. The Labute approximate surface area is 179 Å². The molecule has 2 N–H and O–H groups in total. The van der Waals surface area contributed by atoms with Crippen molar-refractivity contribution < 1.29 is 9.47 Å². The van der Waals surface area contributed by atoms with E-state index >= 15 is 0 Å². The third-order valence-electron chi connectivity index (χ3n) is 3.98. The molecule has 0 spiro atoms. The van der Waals surface area contributed by atoms with Crippen molar-refractivity contribution in [3.05, 3.63) is 65.2 Å². The average molecular weight is 483 g/mol. The standard InChI is InChI=1S/C21H29N3O2.HI/c1-4-22-21(23-14-13-19-7-5-6-8-20(19)26-3)24-15-17-9-11-18(12-10-17)16-25-2;/h5-12H,4,13-16H2,1-3H3,(H2,22,23,24);1H. The van der Waals surface area contributed by atoms with Crippen molar-refractivity contribution in [3.8, 4) is 5.75 Å². The fourth-order valence-corrected chi connectivity index (χ4v) is 2.64. The summed E-state index contributed by atoms with van der Waals surface area (Å²) in [7, 11) is 3.41. The molecule has 2 aromatic carbocycles. The van der Waals surface area contributed by atoms with Gasteiger partial charge in [0.1, 0.15) is 5.75 Å². The molecule has 0 aliphatic rings. The molecule has 6 heteroatoms. The zero-order valence-corrected chi connectivity index (χ0v) is 18.7. The lowest BCUT2D eigenvalue weighted by atomic mass is 10.1. The van der Waals surface area contributed by atoms with Gasteiger partial charge < -0.3 is 20.1 Å². The van der Waals surface area contributed by atoms with Gasteiger partial charge in [0.2, 0.25) is 0 Å². The zero-order chi connectivity index (χ0) is 18.6. The summed E-state index contributed by atoms with van der Waals surface area (Å²) in [5.41, 5.74) is 3.53. The summed E-state index contributed by atoms with van der Waals surface area (Å²) in [4.78, 5) is 4.67. The van der Waals surface area contributed by atoms with E-state index in [1.54, 1.807) is 14.2 Å². The molecule has 27 heavy (non-hydrogen) atoms. The maximum atomic E-state index is 5.40. The maximum Gasteiger partial charge on any atom is 0.191 e. The molecule has 2 aromatic rings. The topological polar surface area (TPSA) is 54.9 Å². The van der Waals surface area contributed by atoms with Crippen molar-refractivity contribution in [3.63, 3.8) is 0 Å². The second kappa shape index (κ2) is 13.4. The van der Waals surface area contributed by atoms with Gasteiger partial charge in [0.15, 0.2) is 5.96 Å². The summed E-state index contributed by atoms with van der Waals surface area (Å²) < 4.78 is 10.5. The van der Waals surface area contributed by atoms with Gasteiger partial charge in [-0.15, -0.1) is 24.0 Å². The van der Waals surface area contributed by atoms with Crippen molar-refractivity contribution in [2.75, 3.05) is 27.3 Å². The molecular formula is C21H30IN3O2. The fraction of sp³-hybridized carbons (Fsp3) is 0.381. The van der Waals surface area contributed by atoms with E-state index in [-0.39, 0.29) is 24.0 Å². The number of ether oxygens (including phenoxy) is 2. The second-order valence-corrected chi connectivity index (χ2v) is 5.93. The lowest BCUT2D eigenvalue weighted by Crippen LogP contribution is -2.38. The zero-order valence-electron chi connectivity index (χ0n) is 16.3. The molecule has 0 aliphatic heterocycles. The summed E-state index contributed by atoms with van der Waals surface area (Å²) in [6, 6.07) is 16.4. The van der Waals surface area contributed by atoms with Crippen molar-refractivity contribution in [2.45, 2.75) is 26.5 Å². The first-order valence-corrected chi connectivity index (χ1v) is 8.97. The molecule has 0 amide bonds. The summed E-state index contributed by atoms with van der Waals surface area (Å²) >= 11 is 0. The molecule has 0 atom stereocenters. The molecule has 148 valence electrons. The van der Waals surface area contributed by atoms with E-state index in [0.29, 0.717) is 13.2 Å². The van der Waals surface area contributed by atoms with E-state index < -0.39 is 0 Å². The third-order valence-corrected chi connectivity index (χ3v) is 3.98. The molecule has 0 radical (unpaired) electrons. The summed E-state index contributed by atoms with van der Waals surface area (Å²) in [6.07, 6.45) is 0.875. The number of hydrogen-bond acceptors (Lipinski definition) is 3. The van der Waals surface area contributed by atoms with Crippen molar-refractivity contribution in [1.29, 1.82) is 0 Å². The largest absolute Gasteiger partial charge is 0.496 e. The third kappa shape index (κ3) is 8.17. The second-order valence-electron chi connectivity index (χ2n) is 5.93. The number of hydrogen-bond donors (Lipinski definition) is 2. The number of benzene rings is 2. The van der Waals surface area contributed by atoms with Crippen LogP contribution in [0.25, 0.3) is 0 Å². The first kappa shape index (κ1) is 23.2. The van der Waals surface area contributed by atoms with Gasteiger partial charge in [-0.1, -0.05) is 42.5 Å². The number of nitrogens with zero attached hydrogens (tertiary/aromatic N) is 1. The maximum absolute atomic E-state index is 5.40. The highest BCUT2D eigenvalue weighted by Gasteiger charge is 2.03.